The highest BCUT2D eigenvalue weighted by Gasteiger charge is 2.12. The Balaban J connectivity index is 2.27. The molecular formula is C17H18O2. The van der Waals surface area contributed by atoms with E-state index in [1.54, 1.807) is 6.92 Å². The Kier molecular flexibility index (Phi) is 4.00. The smallest absolute Gasteiger partial charge is 0.163 e. The Labute approximate surface area is 114 Å². The van der Waals surface area contributed by atoms with Crippen molar-refractivity contribution in [1.29, 1.82) is 0 Å². The van der Waals surface area contributed by atoms with Gasteiger partial charge in [-0.15, -0.1) is 0 Å². The molecule has 2 aromatic carbocycles. The predicted molar refractivity (Wildman–Crippen MR) is 76.7 cm³/mol. The van der Waals surface area contributed by atoms with Crippen molar-refractivity contribution in [3.8, 4) is 5.75 Å². The van der Waals surface area contributed by atoms with Gasteiger partial charge in [-0.3, -0.25) is 4.79 Å². The van der Waals surface area contributed by atoms with Crippen LogP contribution in [0.15, 0.2) is 42.5 Å². The van der Waals surface area contributed by atoms with Gasteiger partial charge in [-0.1, -0.05) is 36.4 Å². The second kappa shape index (κ2) is 5.70. The van der Waals surface area contributed by atoms with E-state index in [2.05, 4.69) is 0 Å². The summed E-state index contributed by atoms with van der Waals surface area (Å²) in [5.41, 5.74) is 3.83. The average Bonchev–Trinajstić information content (AvgIpc) is 2.38. The normalized spacial score (nSPS) is 10.3. The topological polar surface area (TPSA) is 26.3 Å². The van der Waals surface area contributed by atoms with E-state index in [1.165, 1.54) is 0 Å². The summed E-state index contributed by atoms with van der Waals surface area (Å²) in [7, 11) is 0. The van der Waals surface area contributed by atoms with Crippen LogP contribution in [0.5, 0.6) is 5.75 Å². The van der Waals surface area contributed by atoms with Crippen LogP contribution in [0.4, 0.5) is 0 Å². The van der Waals surface area contributed by atoms with E-state index in [-0.39, 0.29) is 5.78 Å². The molecule has 0 unspecified atom stereocenters. The molecule has 2 aromatic rings. The number of Topliss-reactive ketones (excluding diaryl/α,β-unsaturated/α-hetero) is 1. The zero-order valence-corrected chi connectivity index (χ0v) is 11.6. The fourth-order valence-electron chi connectivity index (χ4n) is 2.14. The van der Waals surface area contributed by atoms with E-state index in [0.717, 1.165) is 16.7 Å². The SMILES string of the molecule is CC(=O)c1cc(C)cc(C)c1OCc1ccccc1. The zero-order chi connectivity index (χ0) is 13.8. The van der Waals surface area contributed by atoms with Gasteiger partial charge in [0.2, 0.25) is 0 Å². The van der Waals surface area contributed by atoms with Crippen LogP contribution in [0, 0.1) is 13.8 Å². The second-order valence-electron chi connectivity index (χ2n) is 4.79. The Morgan fingerprint density at radius 3 is 2.42 bits per heavy atom. The first-order valence-electron chi connectivity index (χ1n) is 6.37. The largest absolute Gasteiger partial charge is 0.488 e. The van der Waals surface area contributed by atoms with Gasteiger partial charge in [0, 0.05) is 0 Å². The number of carbonyl (C=O) groups excluding carboxylic acids is 1. The van der Waals surface area contributed by atoms with Gasteiger partial charge in [-0.25, -0.2) is 0 Å². The quantitative estimate of drug-likeness (QED) is 0.768. The van der Waals surface area contributed by atoms with Crippen LogP contribution in [-0.4, -0.2) is 5.78 Å². The molecule has 2 nitrogen and oxygen atoms in total. The molecule has 98 valence electrons. The molecule has 0 fully saturated rings. The van der Waals surface area contributed by atoms with Crippen LogP contribution in [0.2, 0.25) is 0 Å². The van der Waals surface area contributed by atoms with E-state index in [4.69, 9.17) is 4.74 Å². The molecule has 0 amide bonds. The molecule has 0 radical (unpaired) electrons. The van der Waals surface area contributed by atoms with Crippen molar-refractivity contribution in [3.05, 3.63) is 64.7 Å². The first kappa shape index (κ1) is 13.3. The van der Waals surface area contributed by atoms with Crippen molar-refractivity contribution in [2.24, 2.45) is 0 Å². The van der Waals surface area contributed by atoms with Crippen molar-refractivity contribution < 1.29 is 9.53 Å². The minimum Gasteiger partial charge on any atom is -0.488 e. The molecule has 0 aliphatic carbocycles. The summed E-state index contributed by atoms with van der Waals surface area (Å²) in [6.45, 7) is 6.01. The van der Waals surface area contributed by atoms with Crippen molar-refractivity contribution >= 4 is 5.78 Å². The minimum atomic E-state index is 0.0369. The first-order chi connectivity index (χ1) is 9.08. The molecule has 0 N–H and O–H groups in total. The molecule has 0 aliphatic heterocycles. The van der Waals surface area contributed by atoms with Crippen molar-refractivity contribution in [1.82, 2.24) is 0 Å². The number of ketones is 1. The van der Waals surface area contributed by atoms with Gasteiger partial charge in [0.25, 0.3) is 0 Å². The lowest BCUT2D eigenvalue weighted by Gasteiger charge is -2.14. The Hall–Kier alpha value is -2.09. The van der Waals surface area contributed by atoms with Crippen LogP contribution in [0.1, 0.15) is 34.0 Å². The predicted octanol–water partition coefficient (Wildman–Crippen LogP) is 4.09. The lowest BCUT2D eigenvalue weighted by Crippen LogP contribution is -2.04. The van der Waals surface area contributed by atoms with Gasteiger partial charge >= 0.3 is 0 Å². The number of hydrogen-bond acceptors (Lipinski definition) is 2. The number of carbonyl (C=O) groups is 1. The monoisotopic (exact) mass is 254 g/mol. The zero-order valence-electron chi connectivity index (χ0n) is 11.6. The maximum absolute atomic E-state index is 11.7. The minimum absolute atomic E-state index is 0.0369. The summed E-state index contributed by atoms with van der Waals surface area (Å²) in [6.07, 6.45) is 0. The summed E-state index contributed by atoms with van der Waals surface area (Å²) in [6, 6.07) is 13.9. The molecular weight excluding hydrogens is 236 g/mol. The maximum Gasteiger partial charge on any atom is 0.163 e. The number of aryl methyl sites for hydroxylation is 2. The third-order valence-corrected chi connectivity index (χ3v) is 3.02. The highest BCUT2D eigenvalue weighted by atomic mass is 16.5. The van der Waals surface area contributed by atoms with E-state index in [0.29, 0.717) is 17.9 Å². The molecule has 19 heavy (non-hydrogen) atoms. The maximum atomic E-state index is 11.7. The van der Waals surface area contributed by atoms with Crippen LogP contribution >= 0.6 is 0 Å². The van der Waals surface area contributed by atoms with Gasteiger partial charge in [-0.2, -0.15) is 0 Å². The summed E-state index contributed by atoms with van der Waals surface area (Å²) in [5, 5.41) is 0. The molecule has 2 heteroatoms. The van der Waals surface area contributed by atoms with Crippen LogP contribution in [-0.2, 0) is 6.61 Å². The number of rotatable bonds is 4. The van der Waals surface area contributed by atoms with Crippen LogP contribution < -0.4 is 4.74 Å². The van der Waals surface area contributed by atoms with Crippen LogP contribution in [0.25, 0.3) is 0 Å². The van der Waals surface area contributed by atoms with Crippen molar-refractivity contribution in [2.75, 3.05) is 0 Å². The third kappa shape index (κ3) is 3.22. The van der Waals surface area contributed by atoms with Crippen molar-refractivity contribution in [3.63, 3.8) is 0 Å². The lowest BCUT2D eigenvalue weighted by atomic mass is 10.0. The number of benzene rings is 2. The number of ether oxygens (including phenoxy) is 1. The summed E-state index contributed by atoms with van der Waals surface area (Å²) in [4.78, 5) is 11.7. The fourth-order valence-corrected chi connectivity index (χ4v) is 2.14. The Morgan fingerprint density at radius 2 is 1.79 bits per heavy atom. The average molecular weight is 254 g/mol. The number of hydrogen-bond donors (Lipinski definition) is 0. The molecule has 0 heterocycles. The molecule has 0 aliphatic rings. The van der Waals surface area contributed by atoms with Gasteiger partial charge in [0.15, 0.2) is 5.78 Å². The van der Waals surface area contributed by atoms with Gasteiger partial charge in [-0.05, 0) is 43.5 Å². The molecule has 2 rings (SSSR count). The van der Waals surface area contributed by atoms with Gasteiger partial charge in [0.05, 0.1) is 5.56 Å². The first-order valence-corrected chi connectivity index (χ1v) is 6.37. The van der Waals surface area contributed by atoms with E-state index >= 15 is 0 Å². The Morgan fingerprint density at radius 1 is 1.11 bits per heavy atom. The van der Waals surface area contributed by atoms with Gasteiger partial charge < -0.3 is 4.74 Å². The van der Waals surface area contributed by atoms with E-state index in [9.17, 15) is 4.79 Å². The molecule has 0 saturated carbocycles. The standard InChI is InChI=1S/C17H18O2/c1-12-9-13(2)17(16(10-12)14(3)18)19-11-15-7-5-4-6-8-15/h4-10H,11H2,1-3H3. The third-order valence-electron chi connectivity index (χ3n) is 3.02. The molecule has 0 atom stereocenters. The molecule has 0 aromatic heterocycles. The Bertz CT molecular complexity index is 586. The summed E-state index contributed by atoms with van der Waals surface area (Å²) >= 11 is 0. The fraction of sp³-hybridized carbons (Fsp3) is 0.235. The molecule has 0 saturated heterocycles. The molecule has 0 bridgehead atoms. The van der Waals surface area contributed by atoms with Gasteiger partial charge in [0.1, 0.15) is 12.4 Å². The van der Waals surface area contributed by atoms with E-state index in [1.807, 2.05) is 56.3 Å². The van der Waals surface area contributed by atoms with Crippen molar-refractivity contribution in [2.45, 2.75) is 27.4 Å². The molecule has 0 spiro atoms. The van der Waals surface area contributed by atoms with E-state index < -0.39 is 0 Å². The summed E-state index contributed by atoms with van der Waals surface area (Å²) in [5.74, 6) is 0.733. The highest BCUT2D eigenvalue weighted by Crippen LogP contribution is 2.26. The lowest BCUT2D eigenvalue weighted by molar-refractivity contribution is 0.101. The van der Waals surface area contributed by atoms with Crippen LogP contribution in [0.3, 0.4) is 0 Å². The summed E-state index contributed by atoms with van der Waals surface area (Å²) < 4.78 is 5.85. The highest BCUT2D eigenvalue weighted by molar-refractivity contribution is 5.97. The second-order valence-corrected chi connectivity index (χ2v) is 4.79.